The number of benzene rings is 3. The highest BCUT2D eigenvalue weighted by Crippen LogP contribution is 2.54. The number of carbonyl (C=O) groups is 2. The van der Waals surface area contributed by atoms with Gasteiger partial charge in [-0.05, 0) is 167 Å². The lowest BCUT2D eigenvalue weighted by Gasteiger charge is -2.56. The number of halogens is 2. The second-order valence-electron chi connectivity index (χ2n) is 23.2. The van der Waals surface area contributed by atoms with Crippen molar-refractivity contribution in [2.45, 2.75) is 120 Å². The standard InChI is InChI=1S/C57H65F2N9O6/c1-3-39-42(58)7-5-36-25-38(69)27-40(47(36)39)49-48(59)50-41(30-60-49)51(67-19-4-13-57(32-67)18-24-74-57)63-53(62-50)73-33-56(14-15-56)31-65-22-16-55(17-23-65)28-37(29-55)66-20-11-34(12-21-66)35-6-8-43-45(26-35)64(2)54(72)68(43)44-9-10-46(70)61-52(44)71/h5-8,25-27,30,34,37,44,69H,3-4,9-24,28-29,31-33H2,1-2H3,(H,61,70,71). The number of hydrogen-bond acceptors (Lipinski definition) is 12. The Balaban J connectivity index is 0.656. The molecule has 2 amide bonds. The van der Waals surface area contributed by atoms with Gasteiger partial charge in [-0.25, -0.2) is 13.6 Å². The first-order valence-corrected chi connectivity index (χ1v) is 27.1. The quantitative estimate of drug-likeness (QED) is 0.120. The summed E-state index contributed by atoms with van der Waals surface area (Å²) in [6.07, 6.45) is 14.5. The number of phenolic OH excluding ortho intramolecular Hbond substituents is 1. The molecule has 2 spiro atoms. The van der Waals surface area contributed by atoms with Gasteiger partial charge in [0.05, 0.1) is 35.2 Å². The number of aromatic nitrogens is 5. The van der Waals surface area contributed by atoms with E-state index >= 15 is 8.78 Å². The summed E-state index contributed by atoms with van der Waals surface area (Å²) in [7, 11) is 1.76. The van der Waals surface area contributed by atoms with E-state index in [0.29, 0.717) is 76.5 Å². The number of amides is 2. The number of carbonyl (C=O) groups excluding carboxylic acids is 2. The predicted octanol–water partition coefficient (Wildman–Crippen LogP) is 8.06. The molecule has 7 aliphatic rings. The zero-order valence-electron chi connectivity index (χ0n) is 42.4. The fourth-order valence-electron chi connectivity index (χ4n) is 14.0. The fraction of sp³-hybridized carbons (Fsp3) is 0.544. The van der Waals surface area contributed by atoms with Gasteiger partial charge < -0.3 is 29.3 Å². The Morgan fingerprint density at radius 2 is 1.70 bits per heavy atom. The third-order valence-electron chi connectivity index (χ3n) is 18.6. The Labute approximate surface area is 428 Å². The molecule has 2 N–H and O–H groups in total. The van der Waals surface area contributed by atoms with Crippen LogP contribution in [0.15, 0.2) is 53.5 Å². The van der Waals surface area contributed by atoms with E-state index in [4.69, 9.17) is 19.4 Å². The normalized spacial score (nSPS) is 24.5. The molecule has 5 saturated heterocycles. The minimum atomic E-state index is -0.686. The summed E-state index contributed by atoms with van der Waals surface area (Å²) in [4.78, 5) is 59.8. The van der Waals surface area contributed by atoms with Crippen LogP contribution in [0.3, 0.4) is 0 Å². The number of piperidine rings is 4. The predicted molar refractivity (Wildman–Crippen MR) is 276 cm³/mol. The monoisotopic (exact) mass is 1010 g/mol. The van der Waals surface area contributed by atoms with E-state index in [-0.39, 0.29) is 52.0 Å². The highest BCUT2D eigenvalue weighted by Gasteiger charge is 2.51. The first kappa shape index (κ1) is 47.7. The van der Waals surface area contributed by atoms with Gasteiger partial charge in [0.15, 0.2) is 5.82 Å². The Morgan fingerprint density at radius 1 is 0.905 bits per heavy atom. The van der Waals surface area contributed by atoms with Crippen molar-refractivity contribution in [3.63, 3.8) is 0 Å². The van der Waals surface area contributed by atoms with Gasteiger partial charge in [-0.1, -0.05) is 19.1 Å². The smallest absolute Gasteiger partial charge is 0.329 e. The molecule has 8 heterocycles. The summed E-state index contributed by atoms with van der Waals surface area (Å²) in [5.41, 5.74) is 3.49. The lowest BCUT2D eigenvalue weighted by Crippen LogP contribution is -2.56. The van der Waals surface area contributed by atoms with Crippen LogP contribution in [0.1, 0.15) is 113 Å². The Morgan fingerprint density at radius 3 is 2.43 bits per heavy atom. The van der Waals surface area contributed by atoms with Crippen molar-refractivity contribution >= 4 is 50.3 Å². The largest absolute Gasteiger partial charge is 0.508 e. The molecule has 3 aromatic carbocycles. The second kappa shape index (κ2) is 18.1. The summed E-state index contributed by atoms with van der Waals surface area (Å²) in [6, 6.07) is 12.3. The van der Waals surface area contributed by atoms with Crippen molar-refractivity contribution in [3.8, 4) is 23.0 Å². The van der Waals surface area contributed by atoms with Crippen LogP contribution in [0.25, 0.3) is 44.0 Å². The number of rotatable bonds is 11. The summed E-state index contributed by atoms with van der Waals surface area (Å²) in [5, 5.41) is 14.8. The molecule has 0 bridgehead atoms. The first-order chi connectivity index (χ1) is 35.8. The number of pyridine rings is 1. The van der Waals surface area contributed by atoms with Crippen molar-refractivity contribution in [2.24, 2.45) is 17.9 Å². The number of imide groups is 1. The van der Waals surface area contributed by atoms with E-state index in [1.165, 1.54) is 43.4 Å². The number of aryl methyl sites for hydroxylation is 2. The number of likely N-dealkylation sites (tertiary alicyclic amines) is 2. The lowest BCUT2D eigenvalue weighted by molar-refractivity contribution is -0.151. The molecule has 7 fully saturated rings. The van der Waals surface area contributed by atoms with E-state index in [9.17, 15) is 19.5 Å². The fourth-order valence-corrected chi connectivity index (χ4v) is 14.0. The van der Waals surface area contributed by atoms with Crippen LogP contribution in [-0.2, 0) is 27.8 Å². The number of anilines is 1. The molecule has 74 heavy (non-hydrogen) atoms. The molecule has 2 saturated carbocycles. The van der Waals surface area contributed by atoms with Gasteiger partial charge in [0.1, 0.15) is 34.6 Å². The maximum Gasteiger partial charge on any atom is 0.329 e. The van der Waals surface area contributed by atoms with Gasteiger partial charge in [-0.3, -0.25) is 29.0 Å². The zero-order chi connectivity index (χ0) is 50.7. The number of aromatic hydroxyl groups is 1. The van der Waals surface area contributed by atoms with E-state index in [2.05, 4.69) is 37.1 Å². The Kier molecular flexibility index (Phi) is 11.6. The molecule has 6 aromatic rings. The van der Waals surface area contributed by atoms with Crippen LogP contribution in [0.5, 0.6) is 11.8 Å². The number of phenols is 1. The summed E-state index contributed by atoms with van der Waals surface area (Å²) in [6.45, 7) is 9.57. The van der Waals surface area contributed by atoms with Crippen molar-refractivity contribution in [1.82, 2.24) is 39.2 Å². The molecule has 2 unspecified atom stereocenters. The summed E-state index contributed by atoms with van der Waals surface area (Å²) < 4.78 is 48.4. The molecule has 0 radical (unpaired) electrons. The van der Waals surface area contributed by atoms with Crippen LogP contribution in [-0.4, -0.2) is 121 Å². The molecule has 2 aliphatic carbocycles. The van der Waals surface area contributed by atoms with E-state index in [1.54, 1.807) is 34.5 Å². The molecule has 3 aromatic heterocycles. The van der Waals surface area contributed by atoms with Gasteiger partial charge in [0.2, 0.25) is 11.8 Å². The molecule has 13 rings (SSSR count). The number of ether oxygens (including phenoxy) is 2. The van der Waals surface area contributed by atoms with Gasteiger partial charge in [0, 0.05) is 62.7 Å². The zero-order valence-corrected chi connectivity index (χ0v) is 42.4. The van der Waals surface area contributed by atoms with Crippen molar-refractivity contribution in [1.29, 1.82) is 0 Å². The van der Waals surface area contributed by atoms with Crippen LogP contribution >= 0.6 is 0 Å². The number of nitrogens with zero attached hydrogens (tertiary/aromatic N) is 8. The van der Waals surface area contributed by atoms with Crippen molar-refractivity contribution in [2.75, 3.05) is 63.9 Å². The van der Waals surface area contributed by atoms with E-state index in [0.717, 1.165) is 102 Å². The van der Waals surface area contributed by atoms with Gasteiger partial charge >= 0.3 is 11.7 Å². The third kappa shape index (κ3) is 8.22. The van der Waals surface area contributed by atoms with Crippen LogP contribution < -0.4 is 20.6 Å². The third-order valence-corrected chi connectivity index (χ3v) is 18.6. The highest BCUT2D eigenvalue weighted by molar-refractivity contribution is 6.02. The number of hydrogen-bond donors (Lipinski definition) is 2. The molecule has 17 heteroatoms. The van der Waals surface area contributed by atoms with Crippen molar-refractivity contribution < 1.29 is 33.0 Å². The lowest BCUT2D eigenvalue weighted by atomic mass is 9.59. The molecular weight excluding hydrogens is 945 g/mol. The average Bonchev–Trinajstić information content (AvgIpc) is 4.11. The Hall–Kier alpha value is -6.04. The number of imidazole rings is 1. The first-order valence-electron chi connectivity index (χ1n) is 27.1. The minimum absolute atomic E-state index is 0.0148. The minimum Gasteiger partial charge on any atom is -0.508 e. The van der Waals surface area contributed by atoms with Crippen LogP contribution in [0.2, 0.25) is 0 Å². The Bertz CT molecular complexity index is 3310. The van der Waals surface area contributed by atoms with Crippen LogP contribution in [0, 0.1) is 22.5 Å². The SMILES string of the molecule is CCc1c(F)ccc2cc(O)cc(-c3ncc4c(N5CCCC6(CCO6)C5)nc(OCC5(CN6CCC7(CC6)CC(N6CCC(c8ccc9c(c8)n(C)c(=O)n9C8CCC(=O)NC8=O)CC6)C7)CC5)nc4c3F)c12. The molecule has 2 atom stereocenters. The molecular formula is C57H65F2N9O6. The summed E-state index contributed by atoms with van der Waals surface area (Å²) >= 11 is 0. The second-order valence-corrected chi connectivity index (χ2v) is 23.2. The van der Waals surface area contributed by atoms with E-state index < -0.39 is 23.6 Å². The van der Waals surface area contributed by atoms with Crippen molar-refractivity contribution in [3.05, 3.63) is 81.9 Å². The molecule has 15 nitrogen and oxygen atoms in total. The van der Waals surface area contributed by atoms with E-state index in [1.807, 2.05) is 13.0 Å². The average molecular weight is 1010 g/mol. The van der Waals surface area contributed by atoms with Gasteiger partial charge in [-0.2, -0.15) is 9.97 Å². The molecule has 5 aliphatic heterocycles. The topological polar surface area (TPSA) is 160 Å². The summed E-state index contributed by atoms with van der Waals surface area (Å²) in [5.74, 6) is -0.857. The number of nitrogens with one attached hydrogen (secondary N) is 1. The highest BCUT2D eigenvalue weighted by atomic mass is 19.1. The van der Waals surface area contributed by atoms with Crippen LogP contribution in [0.4, 0.5) is 14.6 Å². The van der Waals surface area contributed by atoms with Gasteiger partial charge in [-0.15, -0.1) is 0 Å². The maximum absolute atomic E-state index is 17.3. The van der Waals surface area contributed by atoms with Gasteiger partial charge in [0.25, 0.3) is 0 Å². The molecule has 388 valence electrons. The number of fused-ring (bicyclic) bond motifs is 3. The maximum atomic E-state index is 17.3.